The van der Waals surface area contributed by atoms with Gasteiger partial charge in [0.05, 0.1) is 16.6 Å². The summed E-state index contributed by atoms with van der Waals surface area (Å²) < 4.78 is 0. The Kier molecular flexibility index (Phi) is 7.30. The van der Waals surface area contributed by atoms with Crippen molar-refractivity contribution >= 4 is 47.5 Å². The van der Waals surface area contributed by atoms with E-state index in [2.05, 4.69) is 4.99 Å². The fourth-order valence-electron chi connectivity index (χ4n) is 1.65. The summed E-state index contributed by atoms with van der Waals surface area (Å²) in [6, 6.07) is 15.4. The average Bonchev–Trinajstić information content (AvgIpc) is 2.48. The van der Waals surface area contributed by atoms with Crippen molar-refractivity contribution < 1.29 is 0 Å². The standard InChI is InChI=1S/C16H14Cl2N2.ClH/c17-14-8-4-7-13(16(14)18)11-20-15(19)10-9-12-5-2-1-3-6-12;/h1-10H,11H2,(H2,19,20);1H/b10-9+;. The molecular formula is C16H15Cl3N2. The lowest BCUT2D eigenvalue weighted by molar-refractivity contribution is 1.06. The molecule has 0 radical (unpaired) electrons. The average molecular weight is 342 g/mol. The summed E-state index contributed by atoms with van der Waals surface area (Å²) in [6.07, 6.45) is 3.69. The first-order chi connectivity index (χ1) is 9.66. The quantitative estimate of drug-likeness (QED) is 0.617. The van der Waals surface area contributed by atoms with Gasteiger partial charge >= 0.3 is 0 Å². The molecule has 0 spiro atoms. The fraction of sp³-hybridized carbons (Fsp3) is 0.0625. The lowest BCUT2D eigenvalue weighted by atomic mass is 10.2. The van der Waals surface area contributed by atoms with Gasteiger partial charge in [0.15, 0.2) is 0 Å². The second kappa shape index (κ2) is 8.73. The zero-order valence-electron chi connectivity index (χ0n) is 11.2. The highest BCUT2D eigenvalue weighted by molar-refractivity contribution is 6.42. The normalized spacial score (nSPS) is 11.4. The molecule has 0 heterocycles. The van der Waals surface area contributed by atoms with E-state index in [-0.39, 0.29) is 12.4 Å². The zero-order chi connectivity index (χ0) is 14.4. The molecule has 5 heteroatoms. The van der Waals surface area contributed by atoms with Gasteiger partial charge in [-0.25, -0.2) is 0 Å². The molecule has 0 aromatic heterocycles. The summed E-state index contributed by atoms with van der Waals surface area (Å²) in [5.41, 5.74) is 7.78. The van der Waals surface area contributed by atoms with Gasteiger partial charge in [-0.1, -0.05) is 71.7 Å². The Balaban J connectivity index is 0.00000220. The number of hydrogen-bond donors (Lipinski definition) is 1. The van der Waals surface area contributed by atoms with Gasteiger partial charge in [-0.2, -0.15) is 0 Å². The Hall–Kier alpha value is -1.48. The number of benzene rings is 2. The molecule has 2 N–H and O–H groups in total. The molecule has 0 amide bonds. The Bertz CT molecular complexity index is 637. The second-order valence-electron chi connectivity index (χ2n) is 4.20. The summed E-state index contributed by atoms with van der Waals surface area (Å²) in [7, 11) is 0. The summed E-state index contributed by atoms with van der Waals surface area (Å²) in [5, 5.41) is 1.05. The van der Waals surface area contributed by atoms with Gasteiger partial charge in [-0.15, -0.1) is 12.4 Å². The van der Waals surface area contributed by atoms with Crippen molar-refractivity contribution in [3.05, 3.63) is 75.8 Å². The minimum atomic E-state index is 0. The first-order valence-electron chi connectivity index (χ1n) is 6.13. The highest BCUT2D eigenvalue weighted by Crippen LogP contribution is 2.25. The van der Waals surface area contributed by atoms with E-state index in [4.69, 9.17) is 28.9 Å². The van der Waals surface area contributed by atoms with E-state index < -0.39 is 0 Å². The minimum absolute atomic E-state index is 0. The third kappa shape index (κ3) is 5.43. The van der Waals surface area contributed by atoms with Gasteiger partial charge in [-0.05, 0) is 23.3 Å². The predicted octanol–water partition coefficient (Wildman–Crippen LogP) is 4.99. The lowest BCUT2D eigenvalue weighted by Crippen LogP contribution is -2.08. The molecule has 2 rings (SSSR count). The minimum Gasteiger partial charge on any atom is -0.384 e. The third-order valence-electron chi connectivity index (χ3n) is 2.71. The highest BCUT2D eigenvalue weighted by atomic mass is 35.5. The van der Waals surface area contributed by atoms with Gasteiger partial charge in [0.1, 0.15) is 5.84 Å². The summed E-state index contributed by atoms with van der Waals surface area (Å²) >= 11 is 12.0. The third-order valence-corrected chi connectivity index (χ3v) is 3.57. The Morgan fingerprint density at radius 2 is 1.76 bits per heavy atom. The molecule has 110 valence electrons. The molecule has 0 aliphatic rings. The molecule has 0 aliphatic heterocycles. The summed E-state index contributed by atoms with van der Waals surface area (Å²) in [6.45, 7) is 0.407. The molecule has 2 aromatic carbocycles. The topological polar surface area (TPSA) is 38.4 Å². The molecule has 2 aromatic rings. The second-order valence-corrected chi connectivity index (χ2v) is 4.98. The van der Waals surface area contributed by atoms with Crippen molar-refractivity contribution in [3.63, 3.8) is 0 Å². The van der Waals surface area contributed by atoms with Crippen molar-refractivity contribution in [2.45, 2.75) is 6.54 Å². The van der Waals surface area contributed by atoms with Crippen LogP contribution in [0.4, 0.5) is 0 Å². The number of nitrogens with zero attached hydrogens (tertiary/aromatic N) is 1. The number of hydrogen-bond acceptors (Lipinski definition) is 1. The molecule has 0 atom stereocenters. The largest absolute Gasteiger partial charge is 0.384 e. The van der Waals surface area contributed by atoms with E-state index >= 15 is 0 Å². The summed E-state index contributed by atoms with van der Waals surface area (Å²) in [4.78, 5) is 4.28. The molecule has 0 saturated carbocycles. The molecule has 0 unspecified atom stereocenters. The Morgan fingerprint density at radius 1 is 1.05 bits per heavy atom. The number of nitrogens with two attached hydrogens (primary N) is 1. The SMILES string of the molecule is Cl.NC(/C=C/c1ccccc1)=NCc1cccc(Cl)c1Cl. The first-order valence-corrected chi connectivity index (χ1v) is 6.88. The monoisotopic (exact) mass is 340 g/mol. The van der Waals surface area contributed by atoms with Crippen LogP contribution in [0.5, 0.6) is 0 Å². The van der Waals surface area contributed by atoms with Gasteiger partial charge < -0.3 is 5.73 Å². The van der Waals surface area contributed by atoms with Gasteiger partial charge in [0.2, 0.25) is 0 Å². The molecule has 21 heavy (non-hydrogen) atoms. The van der Waals surface area contributed by atoms with Crippen LogP contribution in [0.25, 0.3) is 6.08 Å². The lowest BCUT2D eigenvalue weighted by Gasteiger charge is -2.02. The number of amidine groups is 1. The molecule has 2 nitrogen and oxygen atoms in total. The molecular weight excluding hydrogens is 327 g/mol. The summed E-state index contributed by atoms with van der Waals surface area (Å²) in [5.74, 6) is 0.449. The van der Waals surface area contributed by atoms with Crippen LogP contribution in [-0.2, 0) is 6.54 Å². The highest BCUT2D eigenvalue weighted by Gasteiger charge is 2.02. The van der Waals surface area contributed by atoms with E-state index in [1.54, 1.807) is 12.1 Å². The van der Waals surface area contributed by atoms with Crippen LogP contribution in [0, 0.1) is 0 Å². The molecule has 0 aliphatic carbocycles. The van der Waals surface area contributed by atoms with Crippen molar-refractivity contribution in [2.75, 3.05) is 0 Å². The Morgan fingerprint density at radius 3 is 2.48 bits per heavy atom. The smallest absolute Gasteiger partial charge is 0.118 e. The predicted molar refractivity (Wildman–Crippen MR) is 94.5 cm³/mol. The molecule has 0 saturated heterocycles. The molecule has 0 bridgehead atoms. The number of aliphatic imine (C=N–C) groups is 1. The van der Waals surface area contributed by atoms with E-state index in [1.165, 1.54) is 0 Å². The van der Waals surface area contributed by atoms with Crippen LogP contribution < -0.4 is 5.73 Å². The van der Waals surface area contributed by atoms with Gasteiger partial charge in [-0.3, -0.25) is 4.99 Å². The van der Waals surface area contributed by atoms with Crippen LogP contribution in [0.15, 0.2) is 59.6 Å². The van der Waals surface area contributed by atoms with Crippen LogP contribution in [-0.4, -0.2) is 5.84 Å². The van der Waals surface area contributed by atoms with E-state index in [1.807, 2.05) is 48.5 Å². The molecule has 0 fully saturated rings. The van der Waals surface area contributed by atoms with Crippen molar-refractivity contribution in [1.82, 2.24) is 0 Å². The van der Waals surface area contributed by atoms with Gasteiger partial charge in [0.25, 0.3) is 0 Å². The van der Waals surface area contributed by atoms with Crippen LogP contribution in [0.3, 0.4) is 0 Å². The Labute approximate surface area is 140 Å². The number of rotatable bonds is 4. The fourth-order valence-corrected chi connectivity index (χ4v) is 2.03. The van der Waals surface area contributed by atoms with Crippen molar-refractivity contribution in [2.24, 2.45) is 10.7 Å². The van der Waals surface area contributed by atoms with Crippen LogP contribution >= 0.6 is 35.6 Å². The van der Waals surface area contributed by atoms with Crippen molar-refractivity contribution in [3.8, 4) is 0 Å². The first kappa shape index (κ1) is 17.6. The van der Waals surface area contributed by atoms with E-state index in [0.717, 1.165) is 11.1 Å². The zero-order valence-corrected chi connectivity index (χ0v) is 13.5. The maximum atomic E-state index is 6.09. The number of halogens is 3. The maximum absolute atomic E-state index is 6.09. The maximum Gasteiger partial charge on any atom is 0.118 e. The van der Waals surface area contributed by atoms with Gasteiger partial charge in [0, 0.05) is 0 Å². The van der Waals surface area contributed by atoms with E-state index in [9.17, 15) is 0 Å². The van der Waals surface area contributed by atoms with Crippen LogP contribution in [0.2, 0.25) is 10.0 Å². The van der Waals surface area contributed by atoms with E-state index in [0.29, 0.717) is 22.4 Å². The van der Waals surface area contributed by atoms with Crippen molar-refractivity contribution in [1.29, 1.82) is 0 Å². The van der Waals surface area contributed by atoms with Crippen LogP contribution in [0.1, 0.15) is 11.1 Å².